The molecule has 2 heterocycles. The van der Waals surface area contributed by atoms with Crippen LogP contribution < -0.4 is 11.5 Å². The van der Waals surface area contributed by atoms with Crippen molar-refractivity contribution < 1.29 is 19.4 Å². The number of aromatic nitrogens is 4. The van der Waals surface area contributed by atoms with Gasteiger partial charge in [-0.25, -0.2) is 9.97 Å². The van der Waals surface area contributed by atoms with E-state index in [-0.39, 0.29) is 11.9 Å². The largest absolute Gasteiger partial charge is 0.480 e. The van der Waals surface area contributed by atoms with Crippen LogP contribution in [0, 0.1) is 0 Å². The summed E-state index contributed by atoms with van der Waals surface area (Å²) in [6.07, 6.45) is 1.04. The number of nitrogens with zero attached hydrogens (tertiary/aromatic N) is 3. The van der Waals surface area contributed by atoms with Crippen molar-refractivity contribution in [1.82, 2.24) is 19.9 Å². The van der Waals surface area contributed by atoms with Crippen molar-refractivity contribution >= 4 is 40.8 Å². The number of carboxylic acid groups (broad SMARTS) is 1. The number of hydrogen-bond acceptors (Lipinski definition) is 9. The van der Waals surface area contributed by atoms with Gasteiger partial charge in [-0.3, -0.25) is 9.59 Å². The number of nitrogens with two attached hydrogens (primary N) is 2. The van der Waals surface area contributed by atoms with Gasteiger partial charge < -0.3 is 26.3 Å². The molecule has 0 bridgehead atoms. The quantitative estimate of drug-likeness (QED) is 0.232. The predicted molar refractivity (Wildman–Crippen MR) is 73.1 cm³/mol. The number of imidazole rings is 1. The number of nitrogen functional groups attached to an aromatic ring is 1. The molecule has 0 unspecified atom stereocenters. The molecule has 2 rings (SSSR count). The first-order chi connectivity index (χ1) is 9.97. The van der Waals surface area contributed by atoms with Crippen LogP contribution in [0.3, 0.4) is 0 Å². The van der Waals surface area contributed by atoms with Gasteiger partial charge in [-0.1, -0.05) is 11.8 Å². The molecule has 0 aromatic carbocycles. The van der Waals surface area contributed by atoms with E-state index < -0.39 is 24.4 Å². The molecule has 2 aromatic heterocycles. The van der Waals surface area contributed by atoms with Crippen LogP contribution >= 0.6 is 11.8 Å². The molecule has 0 saturated carbocycles. The number of thioether (sulfide) groups is 1. The Morgan fingerprint density at radius 3 is 2.95 bits per heavy atom. The first-order valence-corrected chi connectivity index (χ1v) is 6.69. The molecule has 0 spiro atoms. The number of hydrogen-bond donors (Lipinski definition) is 4. The van der Waals surface area contributed by atoms with Crippen molar-refractivity contribution in [2.45, 2.75) is 17.5 Å². The molecule has 0 aliphatic carbocycles. The van der Waals surface area contributed by atoms with E-state index in [0.29, 0.717) is 16.2 Å². The van der Waals surface area contributed by atoms with Gasteiger partial charge in [0.1, 0.15) is 22.5 Å². The van der Waals surface area contributed by atoms with Crippen LogP contribution in [0.15, 0.2) is 11.4 Å². The van der Waals surface area contributed by atoms with Crippen molar-refractivity contribution in [1.29, 1.82) is 0 Å². The highest BCUT2D eigenvalue weighted by Crippen LogP contribution is 2.23. The molecule has 21 heavy (non-hydrogen) atoms. The third kappa shape index (κ3) is 3.79. The van der Waals surface area contributed by atoms with Gasteiger partial charge in [0.05, 0.1) is 12.7 Å². The summed E-state index contributed by atoms with van der Waals surface area (Å²) in [5.74, 6) is -1.98. The normalized spacial score (nSPS) is 12.2. The molecule has 0 aliphatic heterocycles. The van der Waals surface area contributed by atoms with Crippen molar-refractivity contribution in [3.63, 3.8) is 0 Å². The number of fused-ring (bicyclic) bond motifs is 1. The predicted octanol–water partition coefficient (Wildman–Crippen LogP) is -0.670. The third-order valence-electron chi connectivity index (χ3n) is 2.39. The zero-order valence-corrected chi connectivity index (χ0v) is 11.5. The Morgan fingerprint density at radius 1 is 1.48 bits per heavy atom. The van der Waals surface area contributed by atoms with Gasteiger partial charge in [0.15, 0.2) is 5.65 Å². The standard InChI is InChI=1S/C10H12N6O4S/c11-4(9(18)19)1-5(17)20-3-21-8-6-7(14-2-13-6)15-10(12)16-8/h2,4H,1,3,11H2,(H,18,19)(H3,12,13,14,15,16)/t4-/m0/s1. The molecular weight excluding hydrogens is 300 g/mol. The van der Waals surface area contributed by atoms with Gasteiger partial charge in [-0.2, -0.15) is 4.98 Å². The molecule has 11 heteroatoms. The number of esters is 1. The number of carbonyl (C=O) groups is 2. The fourth-order valence-electron chi connectivity index (χ4n) is 1.40. The maximum absolute atomic E-state index is 11.4. The molecule has 0 fully saturated rings. The Morgan fingerprint density at radius 2 is 2.24 bits per heavy atom. The number of ether oxygens (including phenoxy) is 1. The van der Waals surface area contributed by atoms with E-state index in [9.17, 15) is 9.59 Å². The number of aliphatic carboxylic acids is 1. The summed E-state index contributed by atoms with van der Waals surface area (Å²) >= 11 is 1.10. The summed E-state index contributed by atoms with van der Waals surface area (Å²) in [7, 11) is 0. The second kappa shape index (κ2) is 6.37. The Bertz CT molecular complexity index is 675. The van der Waals surface area contributed by atoms with E-state index in [4.69, 9.17) is 21.3 Å². The third-order valence-corrected chi connectivity index (χ3v) is 3.19. The first-order valence-electron chi connectivity index (χ1n) is 5.70. The van der Waals surface area contributed by atoms with Crippen LogP contribution in [0.1, 0.15) is 6.42 Å². The Labute approximate surface area is 122 Å². The van der Waals surface area contributed by atoms with Gasteiger partial charge in [-0.05, 0) is 0 Å². The monoisotopic (exact) mass is 312 g/mol. The minimum Gasteiger partial charge on any atom is -0.480 e. The van der Waals surface area contributed by atoms with Crippen LogP contribution in [0.25, 0.3) is 11.2 Å². The second-order valence-corrected chi connectivity index (χ2v) is 4.83. The fraction of sp³-hybridized carbons (Fsp3) is 0.300. The lowest BCUT2D eigenvalue weighted by molar-refractivity contribution is -0.147. The van der Waals surface area contributed by atoms with Crippen LogP contribution in [-0.2, 0) is 14.3 Å². The van der Waals surface area contributed by atoms with E-state index >= 15 is 0 Å². The summed E-state index contributed by atoms with van der Waals surface area (Å²) in [6, 6.07) is -1.28. The zero-order valence-electron chi connectivity index (χ0n) is 10.6. The lowest BCUT2D eigenvalue weighted by atomic mass is 10.2. The minimum absolute atomic E-state index is 0.0522. The van der Waals surface area contributed by atoms with Crippen molar-refractivity contribution in [3.8, 4) is 0 Å². The zero-order chi connectivity index (χ0) is 15.4. The van der Waals surface area contributed by atoms with Crippen LogP contribution in [-0.4, -0.2) is 49.0 Å². The Hall–Kier alpha value is -2.40. The van der Waals surface area contributed by atoms with E-state index in [0.717, 1.165) is 11.8 Å². The summed E-state index contributed by atoms with van der Waals surface area (Å²) in [5, 5.41) is 9.06. The SMILES string of the molecule is Nc1nc(SCOC(=O)C[C@H](N)C(=O)O)c2[nH]cnc2n1. The summed E-state index contributed by atoms with van der Waals surface area (Å²) in [4.78, 5) is 36.6. The highest BCUT2D eigenvalue weighted by atomic mass is 32.2. The van der Waals surface area contributed by atoms with Crippen LogP contribution in [0.4, 0.5) is 5.95 Å². The number of H-pyrrole nitrogens is 1. The molecule has 0 radical (unpaired) electrons. The van der Waals surface area contributed by atoms with E-state index in [1.54, 1.807) is 0 Å². The highest BCUT2D eigenvalue weighted by Gasteiger charge is 2.17. The number of rotatable bonds is 6. The molecule has 1 atom stereocenters. The van der Waals surface area contributed by atoms with Gasteiger partial charge in [0, 0.05) is 0 Å². The minimum atomic E-state index is -1.28. The number of carboxylic acids is 1. The average Bonchev–Trinajstić information content (AvgIpc) is 2.86. The van der Waals surface area contributed by atoms with Crippen molar-refractivity contribution in [2.75, 3.05) is 11.7 Å². The topological polar surface area (TPSA) is 170 Å². The van der Waals surface area contributed by atoms with E-state index in [1.807, 2.05) is 0 Å². The van der Waals surface area contributed by atoms with Crippen LogP contribution in [0.5, 0.6) is 0 Å². The molecule has 0 saturated heterocycles. The molecule has 112 valence electrons. The molecule has 0 amide bonds. The molecule has 0 aliphatic rings. The lowest BCUT2D eigenvalue weighted by Gasteiger charge is -2.07. The molecule has 6 N–H and O–H groups in total. The number of carbonyl (C=O) groups excluding carboxylic acids is 1. The average molecular weight is 312 g/mol. The van der Waals surface area contributed by atoms with Crippen LogP contribution in [0.2, 0.25) is 0 Å². The molecular formula is C10H12N6O4S. The van der Waals surface area contributed by atoms with E-state index in [2.05, 4.69) is 19.9 Å². The number of aromatic amines is 1. The Balaban J connectivity index is 1.92. The molecule has 10 nitrogen and oxygen atoms in total. The van der Waals surface area contributed by atoms with Gasteiger partial charge in [0.25, 0.3) is 0 Å². The highest BCUT2D eigenvalue weighted by molar-refractivity contribution is 7.99. The Kier molecular flexibility index (Phi) is 4.55. The first kappa shape index (κ1) is 15.0. The van der Waals surface area contributed by atoms with Gasteiger partial charge in [-0.15, -0.1) is 0 Å². The second-order valence-electron chi connectivity index (χ2n) is 3.92. The number of nitrogens with one attached hydrogen (secondary N) is 1. The number of anilines is 1. The lowest BCUT2D eigenvalue weighted by Crippen LogP contribution is -2.33. The maximum atomic E-state index is 11.4. The maximum Gasteiger partial charge on any atom is 0.321 e. The molecule has 2 aromatic rings. The summed E-state index contributed by atoms with van der Waals surface area (Å²) in [6.45, 7) is 0. The van der Waals surface area contributed by atoms with Gasteiger partial charge in [0.2, 0.25) is 5.95 Å². The summed E-state index contributed by atoms with van der Waals surface area (Å²) < 4.78 is 4.88. The smallest absolute Gasteiger partial charge is 0.321 e. The van der Waals surface area contributed by atoms with E-state index in [1.165, 1.54) is 6.33 Å². The van der Waals surface area contributed by atoms with Crippen molar-refractivity contribution in [2.24, 2.45) is 5.73 Å². The van der Waals surface area contributed by atoms with Crippen molar-refractivity contribution in [3.05, 3.63) is 6.33 Å². The van der Waals surface area contributed by atoms with Gasteiger partial charge >= 0.3 is 11.9 Å². The fourth-order valence-corrected chi connectivity index (χ4v) is 2.16. The summed E-state index contributed by atoms with van der Waals surface area (Å²) in [5.41, 5.74) is 11.7.